The van der Waals surface area contributed by atoms with Crippen molar-refractivity contribution in [2.45, 2.75) is 20.8 Å². The van der Waals surface area contributed by atoms with Crippen LogP contribution in [-0.2, 0) is 19.1 Å². The van der Waals surface area contributed by atoms with Crippen molar-refractivity contribution in [3.8, 4) is 0 Å². The third kappa shape index (κ3) is 4.96. The van der Waals surface area contributed by atoms with Gasteiger partial charge in [0.2, 0.25) is 5.78 Å². The summed E-state index contributed by atoms with van der Waals surface area (Å²) >= 11 is 0. The molecule has 8 heteroatoms. The topological polar surface area (TPSA) is 102 Å². The molecule has 0 radical (unpaired) electrons. The molecule has 0 atom stereocenters. The summed E-state index contributed by atoms with van der Waals surface area (Å²) in [6.07, 6.45) is -2.18. The van der Waals surface area contributed by atoms with E-state index in [-0.39, 0.29) is 18.2 Å². The number of hydrazine groups is 1. The molecule has 0 unspecified atom stereocenters. The van der Waals surface area contributed by atoms with Gasteiger partial charge in [-0.05, 0) is 13.8 Å². The lowest BCUT2D eigenvalue weighted by atomic mass is 10.4. The maximum atomic E-state index is 11.3. The van der Waals surface area contributed by atoms with Gasteiger partial charge in [-0.3, -0.25) is 9.59 Å². The number of imide groups is 1. The predicted octanol–water partition coefficient (Wildman–Crippen LogP) is 0.222. The number of hydrogen-bond acceptors (Lipinski definition) is 6. The van der Waals surface area contributed by atoms with Gasteiger partial charge in [0.25, 0.3) is 0 Å². The van der Waals surface area contributed by atoms with Gasteiger partial charge < -0.3 is 9.47 Å². The summed E-state index contributed by atoms with van der Waals surface area (Å²) in [6, 6.07) is 0. The van der Waals surface area contributed by atoms with Crippen LogP contribution >= 0.6 is 0 Å². The van der Waals surface area contributed by atoms with Gasteiger partial charge in [0.15, 0.2) is 0 Å². The summed E-state index contributed by atoms with van der Waals surface area (Å²) in [5.74, 6) is -2.13. The Morgan fingerprint density at radius 3 is 2.00 bits per heavy atom. The first kappa shape index (κ1) is 14.9. The zero-order valence-corrected chi connectivity index (χ0v) is 9.81. The van der Waals surface area contributed by atoms with Gasteiger partial charge in [0, 0.05) is 6.92 Å². The standard InChI is InChI=1S/C9H14N2O6/c1-4-16-8(14)10-11(7(13)6(3)12)9(15)17-5-2/h4-5H2,1-3H3,(H,10,14). The fourth-order valence-corrected chi connectivity index (χ4v) is 0.779. The van der Waals surface area contributed by atoms with E-state index in [1.807, 2.05) is 5.43 Å². The number of nitrogens with one attached hydrogen (secondary N) is 1. The Hall–Kier alpha value is -2.12. The Labute approximate surface area is 97.8 Å². The molecule has 3 amide bonds. The van der Waals surface area contributed by atoms with E-state index in [2.05, 4.69) is 9.47 Å². The maximum Gasteiger partial charge on any atom is 0.436 e. The largest absolute Gasteiger partial charge is 0.449 e. The Morgan fingerprint density at radius 2 is 1.59 bits per heavy atom. The van der Waals surface area contributed by atoms with E-state index in [0.717, 1.165) is 6.92 Å². The van der Waals surface area contributed by atoms with E-state index in [4.69, 9.17) is 0 Å². The summed E-state index contributed by atoms with van der Waals surface area (Å²) in [6.45, 7) is 4.06. The molecule has 0 saturated carbocycles. The Bertz CT molecular complexity index is 327. The molecular formula is C9H14N2O6. The van der Waals surface area contributed by atoms with Crippen molar-refractivity contribution < 1.29 is 28.7 Å². The van der Waals surface area contributed by atoms with Crippen LogP contribution in [0.5, 0.6) is 0 Å². The number of amides is 3. The Morgan fingerprint density at radius 1 is 1.06 bits per heavy atom. The number of hydrogen-bond donors (Lipinski definition) is 1. The van der Waals surface area contributed by atoms with Crippen molar-refractivity contribution in [2.75, 3.05) is 13.2 Å². The number of Topliss-reactive ketones (excluding diaryl/α,β-unsaturated/α-hetero) is 1. The third-order valence-corrected chi connectivity index (χ3v) is 1.43. The van der Waals surface area contributed by atoms with Gasteiger partial charge in [-0.15, -0.1) is 5.01 Å². The first-order valence-electron chi connectivity index (χ1n) is 4.89. The smallest absolute Gasteiger partial charge is 0.436 e. The number of rotatable bonds is 3. The fourth-order valence-electron chi connectivity index (χ4n) is 0.779. The Balaban J connectivity index is 4.73. The van der Waals surface area contributed by atoms with Gasteiger partial charge in [-0.2, -0.15) is 0 Å². The molecule has 0 aromatic heterocycles. The number of carbonyl (C=O) groups is 4. The van der Waals surface area contributed by atoms with Gasteiger partial charge >= 0.3 is 18.1 Å². The first-order valence-corrected chi connectivity index (χ1v) is 4.89. The zero-order valence-electron chi connectivity index (χ0n) is 9.81. The minimum Gasteiger partial charge on any atom is -0.449 e. The van der Waals surface area contributed by atoms with Crippen LogP contribution in [0.1, 0.15) is 20.8 Å². The summed E-state index contributed by atoms with van der Waals surface area (Å²) in [5.41, 5.74) is 1.81. The summed E-state index contributed by atoms with van der Waals surface area (Å²) in [4.78, 5) is 44.5. The van der Waals surface area contributed by atoms with Crippen LogP contribution in [0.25, 0.3) is 0 Å². The molecule has 0 aliphatic heterocycles. The molecule has 0 aromatic carbocycles. The molecular weight excluding hydrogens is 232 g/mol. The number of carbonyl (C=O) groups excluding carboxylic acids is 4. The van der Waals surface area contributed by atoms with Crippen molar-refractivity contribution in [3.63, 3.8) is 0 Å². The van der Waals surface area contributed by atoms with Gasteiger partial charge in [0.05, 0.1) is 13.2 Å². The maximum absolute atomic E-state index is 11.3. The number of nitrogens with zero attached hydrogens (tertiary/aromatic N) is 1. The molecule has 0 aliphatic rings. The molecule has 8 nitrogen and oxygen atoms in total. The quantitative estimate of drug-likeness (QED) is 0.564. The molecule has 0 saturated heterocycles. The minimum absolute atomic E-state index is 0.00891. The molecule has 0 spiro atoms. The zero-order chi connectivity index (χ0) is 13.4. The second-order valence-corrected chi connectivity index (χ2v) is 2.73. The van der Waals surface area contributed by atoms with Gasteiger partial charge in [-0.1, -0.05) is 0 Å². The van der Waals surface area contributed by atoms with Crippen LogP contribution in [-0.4, -0.2) is 42.1 Å². The van der Waals surface area contributed by atoms with E-state index in [1.54, 1.807) is 6.92 Å². The molecule has 0 rings (SSSR count). The summed E-state index contributed by atoms with van der Waals surface area (Å²) in [7, 11) is 0. The van der Waals surface area contributed by atoms with Gasteiger partial charge in [-0.25, -0.2) is 15.0 Å². The van der Waals surface area contributed by atoms with Crippen LogP contribution in [0.15, 0.2) is 0 Å². The minimum atomic E-state index is -1.21. The lowest BCUT2D eigenvalue weighted by Gasteiger charge is -2.18. The molecule has 96 valence electrons. The van der Waals surface area contributed by atoms with Crippen LogP contribution in [0, 0.1) is 0 Å². The predicted molar refractivity (Wildman–Crippen MR) is 54.7 cm³/mol. The van der Waals surface area contributed by atoms with E-state index in [1.165, 1.54) is 6.92 Å². The SMILES string of the molecule is CCOC(=O)NN(C(=O)OCC)C(=O)C(C)=O. The summed E-state index contributed by atoms with van der Waals surface area (Å²) in [5, 5.41) is 0.170. The fraction of sp³-hybridized carbons (Fsp3) is 0.556. The average molecular weight is 246 g/mol. The lowest BCUT2D eigenvalue weighted by Crippen LogP contribution is -2.52. The van der Waals surface area contributed by atoms with E-state index >= 15 is 0 Å². The van der Waals surface area contributed by atoms with Crippen LogP contribution in [0.4, 0.5) is 9.59 Å². The first-order chi connectivity index (χ1) is 7.93. The summed E-state index contributed by atoms with van der Waals surface area (Å²) < 4.78 is 8.97. The highest BCUT2D eigenvalue weighted by molar-refractivity contribution is 6.37. The Kier molecular flexibility index (Phi) is 6.30. The van der Waals surface area contributed by atoms with E-state index in [0.29, 0.717) is 0 Å². The third-order valence-electron chi connectivity index (χ3n) is 1.43. The van der Waals surface area contributed by atoms with Crippen molar-refractivity contribution in [1.82, 2.24) is 10.4 Å². The molecule has 0 fully saturated rings. The average Bonchev–Trinajstić information content (AvgIpc) is 2.25. The van der Waals surface area contributed by atoms with Crippen molar-refractivity contribution in [2.24, 2.45) is 0 Å². The van der Waals surface area contributed by atoms with Crippen molar-refractivity contribution >= 4 is 23.9 Å². The molecule has 1 N–H and O–H groups in total. The number of ether oxygens (including phenoxy) is 2. The lowest BCUT2D eigenvalue weighted by molar-refractivity contribution is -0.144. The van der Waals surface area contributed by atoms with E-state index in [9.17, 15) is 19.2 Å². The molecule has 0 aromatic rings. The second-order valence-electron chi connectivity index (χ2n) is 2.73. The molecule has 0 heterocycles. The highest BCUT2D eigenvalue weighted by Gasteiger charge is 2.28. The van der Waals surface area contributed by atoms with Crippen molar-refractivity contribution in [1.29, 1.82) is 0 Å². The van der Waals surface area contributed by atoms with Crippen LogP contribution in [0.3, 0.4) is 0 Å². The molecule has 0 aliphatic carbocycles. The highest BCUT2D eigenvalue weighted by Crippen LogP contribution is 1.94. The molecule has 0 bridgehead atoms. The molecule has 17 heavy (non-hydrogen) atoms. The second kappa shape index (κ2) is 7.20. The van der Waals surface area contributed by atoms with E-state index < -0.39 is 23.9 Å². The van der Waals surface area contributed by atoms with Crippen molar-refractivity contribution in [3.05, 3.63) is 0 Å². The monoisotopic (exact) mass is 246 g/mol. The van der Waals surface area contributed by atoms with Gasteiger partial charge in [0.1, 0.15) is 0 Å². The highest BCUT2D eigenvalue weighted by atomic mass is 16.6. The van der Waals surface area contributed by atoms with Crippen LogP contribution < -0.4 is 5.43 Å². The normalized spacial score (nSPS) is 9.12. The van der Waals surface area contributed by atoms with Crippen LogP contribution in [0.2, 0.25) is 0 Å². The number of ketones is 1.